The number of sulfonamides is 1. The number of rotatable bonds is 5. The fraction of sp³-hybridized carbons (Fsp3) is 0.571. The third kappa shape index (κ3) is 3.37. The molecule has 6 heteroatoms. The summed E-state index contributed by atoms with van der Waals surface area (Å²) < 4.78 is 41.0. The van der Waals surface area contributed by atoms with Gasteiger partial charge in [0, 0.05) is 12.6 Å². The molecule has 1 aromatic carbocycles. The van der Waals surface area contributed by atoms with E-state index in [0.717, 1.165) is 25.7 Å². The highest BCUT2D eigenvalue weighted by Gasteiger charge is 2.27. The van der Waals surface area contributed by atoms with Crippen LogP contribution in [0, 0.1) is 11.7 Å². The summed E-state index contributed by atoms with van der Waals surface area (Å²) >= 11 is 0. The van der Waals surface area contributed by atoms with Gasteiger partial charge in [0.05, 0.1) is 0 Å². The Kier molecular flexibility index (Phi) is 4.78. The van der Waals surface area contributed by atoms with Crippen molar-refractivity contribution < 1.29 is 12.8 Å². The first-order chi connectivity index (χ1) is 9.44. The lowest BCUT2D eigenvalue weighted by Crippen LogP contribution is -2.37. The number of hydrogen-bond acceptors (Lipinski definition) is 3. The van der Waals surface area contributed by atoms with Gasteiger partial charge in [-0.05, 0) is 43.4 Å². The molecule has 0 amide bonds. The highest BCUT2D eigenvalue weighted by atomic mass is 32.2. The molecule has 1 aromatic rings. The summed E-state index contributed by atoms with van der Waals surface area (Å²) in [5.41, 5.74) is 5.98. The highest BCUT2D eigenvalue weighted by molar-refractivity contribution is 7.89. The Morgan fingerprint density at radius 3 is 2.60 bits per heavy atom. The predicted molar refractivity (Wildman–Crippen MR) is 76.0 cm³/mol. The average Bonchev–Trinajstić information content (AvgIpc) is 2.91. The van der Waals surface area contributed by atoms with Gasteiger partial charge in [-0.3, -0.25) is 0 Å². The van der Waals surface area contributed by atoms with E-state index < -0.39 is 15.8 Å². The lowest BCUT2D eigenvalue weighted by Gasteiger charge is -2.20. The molecule has 1 aliphatic carbocycles. The number of benzene rings is 1. The number of nitrogens with two attached hydrogens (primary N) is 1. The second-order valence-electron chi connectivity index (χ2n) is 5.42. The molecule has 20 heavy (non-hydrogen) atoms. The SMILES string of the molecule is CC(NS(=O)(=O)c1ccc(CN)cc1F)C1CCCC1. The van der Waals surface area contributed by atoms with E-state index in [2.05, 4.69) is 4.72 Å². The average molecular weight is 300 g/mol. The second-order valence-corrected chi connectivity index (χ2v) is 7.11. The van der Waals surface area contributed by atoms with E-state index in [9.17, 15) is 12.8 Å². The van der Waals surface area contributed by atoms with E-state index in [0.29, 0.717) is 11.5 Å². The van der Waals surface area contributed by atoms with Gasteiger partial charge in [-0.25, -0.2) is 17.5 Å². The Bertz CT molecular complexity index is 569. The van der Waals surface area contributed by atoms with Gasteiger partial charge < -0.3 is 5.73 Å². The first kappa shape index (κ1) is 15.4. The van der Waals surface area contributed by atoms with Crippen molar-refractivity contribution in [2.45, 2.75) is 50.1 Å². The molecule has 3 N–H and O–H groups in total. The Balaban J connectivity index is 2.17. The Hall–Kier alpha value is -0.980. The monoisotopic (exact) mass is 300 g/mol. The van der Waals surface area contributed by atoms with Crippen LogP contribution >= 0.6 is 0 Å². The summed E-state index contributed by atoms with van der Waals surface area (Å²) in [7, 11) is -3.82. The molecule has 0 aromatic heterocycles. The van der Waals surface area contributed by atoms with E-state index in [-0.39, 0.29) is 17.5 Å². The molecular formula is C14H21FN2O2S. The fourth-order valence-electron chi connectivity index (χ4n) is 2.75. The minimum Gasteiger partial charge on any atom is -0.326 e. The molecule has 4 nitrogen and oxygen atoms in total. The molecule has 1 fully saturated rings. The maximum Gasteiger partial charge on any atom is 0.243 e. The molecule has 1 aliphatic rings. The maximum atomic E-state index is 13.9. The van der Waals surface area contributed by atoms with Crippen LogP contribution in [0.3, 0.4) is 0 Å². The van der Waals surface area contributed by atoms with E-state index >= 15 is 0 Å². The van der Waals surface area contributed by atoms with Gasteiger partial charge in [0.15, 0.2) is 0 Å². The van der Waals surface area contributed by atoms with Crippen LogP contribution in [0.5, 0.6) is 0 Å². The summed E-state index contributed by atoms with van der Waals surface area (Å²) in [6.45, 7) is 2.03. The smallest absolute Gasteiger partial charge is 0.243 e. The van der Waals surface area contributed by atoms with Gasteiger partial charge in [-0.15, -0.1) is 0 Å². The molecule has 1 unspecified atom stereocenters. The quantitative estimate of drug-likeness (QED) is 0.875. The minimum atomic E-state index is -3.82. The van der Waals surface area contributed by atoms with E-state index in [1.165, 1.54) is 18.2 Å². The molecule has 0 heterocycles. The fourth-order valence-corrected chi connectivity index (χ4v) is 4.12. The lowest BCUT2D eigenvalue weighted by atomic mass is 10.0. The summed E-state index contributed by atoms with van der Waals surface area (Å²) in [6, 6.07) is 3.82. The number of nitrogens with one attached hydrogen (secondary N) is 1. The zero-order valence-electron chi connectivity index (χ0n) is 11.6. The van der Waals surface area contributed by atoms with E-state index in [1.54, 1.807) is 0 Å². The number of hydrogen-bond donors (Lipinski definition) is 2. The van der Waals surface area contributed by atoms with Crippen LogP contribution in [-0.4, -0.2) is 14.5 Å². The van der Waals surface area contributed by atoms with Crippen molar-refractivity contribution >= 4 is 10.0 Å². The van der Waals surface area contributed by atoms with Gasteiger partial charge in [-0.2, -0.15) is 0 Å². The van der Waals surface area contributed by atoms with Crippen LogP contribution in [-0.2, 0) is 16.6 Å². The summed E-state index contributed by atoms with van der Waals surface area (Å²) in [6.07, 6.45) is 4.32. The van der Waals surface area contributed by atoms with Crippen molar-refractivity contribution in [3.8, 4) is 0 Å². The molecule has 0 bridgehead atoms. The molecule has 0 radical (unpaired) electrons. The standard InChI is InChI=1S/C14H21FN2O2S/c1-10(12-4-2-3-5-12)17-20(18,19)14-7-6-11(9-16)8-13(14)15/h6-8,10,12,17H,2-5,9,16H2,1H3. The Morgan fingerprint density at radius 2 is 2.05 bits per heavy atom. The van der Waals surface area contributed by atoms with Gasteiger partial charge >= 0.3 is 0 Å². The minimum absolute atomic E-state index is 0.170. The van der Waals surface area contributed by atoms with Crippen LogP contribution in [0.2, 0.25) is 0 Å². The van der Waals surface area contributed by atoms with Crippen molar-refractivity contribution in [1.82, 2.24) is 4.72 Å². The van der Waals surface area contributed by atoms with Gasteiger partial charge in [0.25, 0.3) is 0 Å². The van der Waals surface area contributed by atoms with Crippen molar-refractivity contribution in [3.63, 3.8) is 0 Å². The van der Waals surface area contributed by atoms with E-state index in [4.69, 9.17) is 5.73 Å². The first-order valence-electron chi connectivity index (χ1n) is 6.95. The Labute approximate surface area is 119 Å². The van der Waals surface area contributed by atoms with Crippen LogP contribution in [0.4, 0.5) is 4.39 Å². The van der Waals surface area contributed by atoms with Crippen LogP contribution in [0.25, 0.3) is 0 Å². The third-order valence-electron chi connectivity index (χ3n) is 3.97. The molecule has 0 spiro atoms. The predicted octanol–water partition coefficient (Wildman–Crippen LogP) is 2.14. The van der Waals surface area contributed by atoms with Crippen molar-refractivity contribution in [1.29, 1.82) is 0 Å². The lowest BCUT2D eigenvalue weighted by molar-refractivity contribution is 0.422. The highest BCUT2D eigenvalue weighted by Crippen LogP contribution is 2.28. The van der Waals surface area contributed by atoms with Crippen LogP contribution < -0.4 is 10.5 Å². The number of halogens is 1. The zero-order chi connectivity index (χ0) is 14.8. The largest absolute Gasteiger partial charge is 0.326 e. The third-order valence-corrected chi connectivity index (χ3v) is 5.56. The molecule has 0 aliphatic heterocycles. The Morgan fingerprint density at radius 1 is 1.40 bits per heavy atom. The first-order valence-corrected chi connectivity index (χ1v) is 8.43. The van der Waals surface area contributed by atoms with Gasteiger partial charge in [-0.1, -0.05) is 18.9 Å². The van der Waals surface area contributed by atoms with Crippen molar-refractivity contribution in [3.05, 3.63) is 29.6 Å². The maximum absolute atomic E-state index is 13.9. The normalized spacial score (nSPS) is 18.4. The van der Waals surface area contributed by atoms with Gasteiger partial charge in [0.1, 0.15) is 10.7 Å². The van der Waals surface area contributed by atoms with Gasteiger partial charge in [0.2, 0.25) is 10.0 Å². The van der Waals surface area contributed by atoms with Crippen LogP contribution in [0.1, 0.15) is 38.2 Å². The molecule has 1 saturated carbocycles. The van der Waals surface area contributed by atoms with Crippen molar-refractivity contribution in [2.75, 3.05) is 0 Å². The topological polar surface area (TPSA) is 72.2 Å². The molecule has 112 valence electrons. The molecular weight excluding hydrogens is 279 g/mol. The molecule has 1 atom stereocenters. The summed E-state index contributed by atoms with van der Waals surface area (Å²) in [5, 5.41) is 0. The molecule has 2 rings (SSSR count). The van der Waals surface area contributed by atoms with Crippen LogP contribution in [0.15, 0.2) is 23.1 Å². The summed E-state index contributed by atoms with van der Waals surface area (Å²) in [5.74, 6) is -0.407. The molecule has 0 saturated heterocycles. The zero-order valence-corrected chi connectivity index (χ0v) is 12.4. The van der Waals surface area contributed by atoms with Crippen molar-refractivity contribution in [2.24, 2.45) is 11.7 Å². The second kappa shape index (κ2) is 6.20. The summed E-state index contributed by atoms with van der Waals surface area (Å²) in [4.78, 5) is -0.306. The van der Waals surface area contributed by atoms with E-state index in [1.807, 2.05) is 6.92 Å².